The molecule has 0 saturated carbocycles. The first kappa shape index (κ1) is 15.7. The van der Waals surface area contributed by atoms with Crippen molar-refractivity contribution >= 4 is 11.8 Å². The second-order valence-electron chi connectivity index (χ2n) is 4.86. The smallest absolute Gasteiger partial charge is 0.253 e. The maximum Gasteiger partial charge on any atom is 0.253 e. The first-order valence-electron chi connectivity index (χ1n) is 6.00. The number of nitrogens with zero attached hydrogens (tertiary/aromatic N) is 1. The molecule has 1 rings (SSSR count). The third-order valence-electron chi connectivity index (χ3n) is 2.44. The van der Waals surface area contributed by atoms with Crippen LogP contribution < -0.4 is 11.1 Å². The lowest BCUT2D eigenvalue weighted by atomic mass is 9.99. The first-order chi connectivity index (χ1) is 9.35. The zero-order valence-electron chi connectivity index (χ0n) is 11.4. The summed E-state index contributed by atoms with van der Waals surface area (Å²) in [6.45, 7) is 3.11. The van der Waals surface area contributed by atoms with Crippen molar-refractivity contribution in [3.63, 3.8) is 0 Å². The van der Waals surface area contributed by atoms with Gasteiger partial charge in [0.25, 0.3) is 5.91 Å². The van der Waals surface area contributed by atoms with Crippen molar-refractivity contribution in [3.05, 3.63) is 29.6 Å². The molecule has 0 aliphatic heterocycles. The van der Waals surface area contributed by atoms with Crippen LogP contribution in [0.1, 0.15) is 36.2 Å². The number of rotatable bonds is 4. The molecule has 0 spiro atoms. The quantitative estimate of drug-likeness (QED) is 0.662. The Morgan fingerprint density at radius 1 is 1.50 bits per heavy atom. The van der Waals surface area contributed by atoms with Crippen molar-refractivity contribution in [2.45, 2.75) is 25.8 Å². The summed E-state index contributed by atoms with van der Waals surface area (Å²) < 4.78 is 0. The largest absolute Gasteiger partial charge is 0.384 e. The summed E-state index contributed by atoms with van der Waals surface area (Å²) in [5.74, 6) is 4.25. The highest BCUT2D eigenvalue weighted by Crippen LogP contribution is 2.11. The number of aliphatic hydroxyl groups excluding tert-OH is 1. The molecule has 0 fully saturated rings. The number of hydrogen-bond acceptors (Lipinski definition) is 4. The van der Waals surface area contributed by atoms with Crippen LogP contribution in [0.3, 0.4) is 0 Å². The molecule has 0 saturated heterocycles. The Hall–Kier alpha value is -2.39. The summed E-state index contributed by atoms with van der Waals surface area (Å²) in [6.07, 6.45) is 2.94. The van der Waals surface area contributed by atoms with Gasteiger partial charge in [0.2, 0.25) is 5.91 Å². The normalized spacial score (nSPS) is 10.3. The van der Waals surface area contributed by atoms with Gasteiger partial charge >= 0.3 is 0 Å². The predicted molar refractivity (Wildman–Crippen MR) is 73.6 cm³/mol. The molecule has 0 aromatic carbocycles. The fraction of sp³-hybridized carbons (Fsp3) is 0.357. The van der Waals surface area contributed by atoms with Gasteiger partial charge in [-0.2, -0.15) is 0 Å². The SMILES string of the molecule is CC(C)(CC(N)=O)NC(=O)c1ccncc1C#CCO. The summed E-state index contributed by atoms with van der Waals surface area (Å²) in [5.41, 5.74) is 5.13. The number of amides is 2. The molecule has 0 radical (unpaired) electrons. The van der Waals surface area contributed by atoms with Gasteiger partial charge in [-0.25, -0.2) is 0 Å². The summed E-state index contributed by atoms with van der Waals surface area (Å²) in [7, 11) is 0. The van der Waals surface area contributed by atoms with Crippen LogP contribution in [0, 0.1) is 11.8 Å². The fourth-order valence-corrected chi connectivity index (χ4v) is 1.68. The Morgan fingerprint density at radius 2 is 2.20 bits per heavy atom. The first-order valence-corrected chi connectivity index (χ1v) is 6.00. The molecular weight excluding hydrogens is 258 g/mol. The number of carbonyl (C=O) groups excluding carboxylic acids is 2. The number of nitrogens with one attached hydrogen (secondary N) is 1. The van der Waals surface area contributed by atoms with Crippen molar-refractivity contribution in [1.82, 2.24) is 10.3 Å². The van der Waals surface area contributed by atoms with Crippen molar-refractivity contribution in [1.29, 1.82) is 0 Å². The van der Waals surface area contributed by atoms with E-state index in [0.29, 0.717) is 11.1 Å². The predicted octanol–water partition coefficient (Wildman–Crippen LogP) is -0.191. The molecule has 0 aliphatic rings. The highest BCUT2D eigenvalue weighted by atomic mass is 16.2. The Labute approximate surface area is 117 Å². The molecule has 0 atom stereocenters. The molecule has 6 nitrogen and oxygen atoms in total. The van der Waals surface area contributed by atoms with E-state index >= 15 is 0 Å². The van der Waals surface area contributed by atoms with Crippen LogP contribution in [-0.2, 0) is 4.79 Å². The van der Waals surface area contributed by atoms with Gasteiger partial charge in [-0.05, 0) is 19.9 Å². The van der Waals surface area contributed by atoms with E-state index in [2.05, 4.69) is 22.1 Å². The fourth-order valence-electron chi connectivity index (χ4n) is 1.68. The molecule has 6 heteroatoms. The molecule has 106 valence electrons. The lowest BCUT2D eigenvalue weighted by molar-refractivity contribution is -0.119. The van der Waals surface area contributed by atoms with Gasteiger partial charge in [0.05, 0.1) is 11.1 Å². The number of primary amides is 1. The molecule has 1 aromatic heterocycles. The number of nitrogens with two attached hydrogens (primary N) is 1. The highest BCUT2D eigenvalue weighted by Gasteiger charge is 2.24. The van der Waals surface area contributed by atoms with Gasteiger partial charge < -0.3 is 16.2 Å². The maximum atomic E-state index is 12.2. The number of aliphatic hydroxyl groups is 1. The summed E-state index contributed by atoms with van der Waals surface area (Å²) >= 11 is 0. The summed E-state index contributed by atoms with van der Waals surface area (Å²) in [4.78, 5) is 27.0. The minimum absolute atomic E-state index is 0.0292. The van der Waals surface area contributed by atoms with E-state index < -0.39 is 11.4 Å². The zero-order valence-corrected chi connectivity index (χ0v) is 11.4. The van der Waals surface area contributed by atoms with Crippen LogP contribution in [-0.4, -0.2) is 34.1 Å². The van der Waals surface area contributed by atoms with Crippen LogP contribution in [0.4, 0.5) is 0 Å². The minimum Gasteiger partial charge on any atom is -0.384 e. The molecule has 2 amide bonds. The lowest BCUT2D eigenvalue weighted by Gasteiger charge is -2.24. The Morgan fingerprint density at radius 3 is 2.80 bits per heavy atom. The number of pyridine rings is 1. The van der Waals surface area contributed by atoms with E-state index in [0.717, 1.165) is 0 Å². The third-order valence-corrected chi connectivity index (χ3v) is 2.44. The maximum absolute atomic E-state index is 12.2. The second-order valence-corrected chi connectivity index (χ2v) is 4.86. The number of aromatic nitrogens is 1. The average Bonchev–Trinajstić information content (AvgIpc) is 2.34. The van der Waals surface area contributed by atoms with Gasteiger partial charge in [-0.1, -0.05) is 11.8 Å². The standard InChI is InChI=1S/C14H17N3O3/c1-14(2,8-12(15)19)17-13(20)11-5-6-16-9-10(11)4-3-7-18/h5-6,9,18H,7-8H2,1-2H3,(H2,15,19)(H,17,20). The average molecular weight is 275 g/mol. The Kier molecular flexibility index (Phi) is 5.23. The van der Waals surface area contributed by atoms with E-state index in [4.69, 9.17) is 10.8 Å². The van der Waals surface area contributed by atoms with E-state index in [1.807, 2.05) is 0 Å². The Balaban J connectivity index is 2.95. The number of hydrogen-bond donors (Lipinski definition) is 3. The van der Waals surface area contributed by atoms with Crippen LogP contribution in [0.15, 0.2) is 18.5 Å². The van der Waals surface area contributed by atoms with Crippen molar-refractivity contribution in [3.8, 4) is 11.8 Å². The van der Waals surface area contributed by atoms with Gasteiger partial charge in [-0.3, -0.25) is 14.6 Å². The van der Waals surface area contributed by atoms with Crippen molar-refractivity contribution < 1.29 is 14.7 Å². The third kappa shape index (κ3) is 4.71. The van der Waals surface area contributed by atoms with Crippen LogP contribution >= 0.6 is 0 Å². The van der Waals surface area contributed by atoms with Crippen molar-refractivity contribution in [2.75, 3.05) is 6.61 Å². The van der Waals surface area contributed by atoms with E-state index in [9.17, 15) is 9.59 Å². The molecule has 0 bridgehead atoms. The number of carbonyl (C=O) groups is 2. The van der Waals surface area contributed by atoms with E-state index in [-0.39, 0.29) is 18.9 Å². The molecule has 1 heterocycles. The van der Waals surface area contributed by atoms with Gasteiger partial charge in [0, 0.05) is 24.4 Å². The Bertz CT molecular complexity index is 571. The van der Waals surface area contributed by atoms with E-state index in [1.54, 1.807) is 13.8 Å². The monoisotopic (exact) mass is 275 g/mol. The van der Waals surface area contributed by atoms with Gasteiger partial charge in [0.15, 0.2) is 0 Å². The van der Waals surface area contributed by atoms with Crippen LogP contribution in [0.25, 0.3) is 0 Å². The summed E-state index contributed by atoms with van der Waals surface area (Å²) in [5, 5.41) is 11.4. The van der Waals surface area contributed by atoms with Crippen LogP contribution in [0.2, 0.25) is 0 Å². The second kappa shape index (κ2) is 6.68. The lowest BCUT2D eigenvalue weighted by Crippen LogP contribution is -2.46. The molecule has 4 N–H and O–H groups in total. The van der Waals surface area contributed by atoms with Crippen LogP contribution in [0.5, 0.6) is 0 Å². The zero-order chi connectivity index (χ0) is 15.2. The minimum atomic E-state index is -0.756. The molecular formula is C14H17N3O3. The molecule has 20 heavy (non-hydrogen) atoms. The van der Waals surface area contributed by atoms with Gasteiger partial charge in [0.1, 0.15) is 6.61 Å². The molecule has 1 aromatic rings. The highest BCUT2D eigenvalue weighted by molar-refractivity contribution is 5.97. The van der Waals surface area contributed by atoms with Gasteiger partial charge in [-0.15, -0.1) is 0 Å². The summed E-state index contributed by atoms with van der Waals surface area (Å²) in [6, 6.07) is 1.52. The molecule has 0 aliphatic carbocycles. The van der Waals surface area contributed by atoms with Crippen molar-refractivity contribution in [2.24, 2.45) is 5.73 Å². The molecule has 0 unspecified atom stereocenters. The van der Waals surface area contributed by atoms with E-state index in [1.165, 1.54) is 18.5 Å². The topological polar surface area (TPSA) is 105 Å².